The van der Waals surface area contributed by atoms with Gasteiger partial charge in [-0.1, -0.05) is 12.7 Å². The van der Waals surface area contributed by atoms with Gasteiger partial charge >= 0.3 is 11.9 Å². The van der Waals surface area contributed by atoms with Gasteiger partial charge in [-0.25, -0.2) is 9.59 Å². The second kappa shape index (κ2) is 6.81. The quantitative estimate of drug-likeness (QED) is 0.591. The van der Waals surface area contributed by atoms with Crippen LogP contribution in [0.4, 0.5) is 0 Å². The fraction of sp³-hybridized carbons (Fsp3) is 0.450. The Hall–Kier alpha value is -2.67. The van der Waals surface area contributed by atoms with Gasteiger partial charge in [0, 0.05) is 29.2 Å². The maximum Gasteiger partial charge on any atom is 0.334 e. The van der Waals surface area contributed by atoms with Crippen LogP contribution in [0.15, 0.2) is 47.3 Å². The number of ketones is 1. The standard InChI is InChI=1S/C20H22O7/c1-5-10(2)18(23)26-15-8-20(4)16(22)7-13(27-20)12(9-21)6-14-17(15)11(3)19(24)25-14/h5-7,14-15,17,21H,3,8-9H2,1-2,4H3/b10-5-,12-6-/t14-,15-,17+,20-/m1/s1. The van der Waals surface area contributed by atoms with E-state index in [-0.39, 0.29) is 23.5 Å². The Morgan fingerprint density at radius 3 is 2.81 bits per heavy atom. The monoisotopic (exact) mass is 374 g/mol. The van der Waals surface area contributed by atoms with Gasteiger partial charge in [0.2, 0.25) is 5.78 Å². The highest BCUT2D eigenvalue weighted by molar-refractivity contribution is 6.00. The number of hydrogen-bond donors (Lipinski definition) is 1. The molecule has 0 saturated carbocycles. The molecule has 3 rings (SSSR count). The van der Waals surface area contributed by atoms with Crippen molar-refractivity contribution >= 4 is 17.7 Å². The number of allylic oxidation sites excluding steroid dienone is 1. The van der Waals surface area contributed by atoms with Crippen LogP contribution in [-0.4, -0.2) is 47.2 Å². The fourth-order valence-corrected chi connectivity index (χ4v) is 3.46. The van der Waals surface area contributed by atoms with Crippen LogP contribution in [-0.2, 0) is 28.6 Å². The molecule has 144 valence electrons. The topological polar surface area (TPSA) is 99.1 Å². The number of carbonyl (C=O) groups is 3. The number of esters is 2. The molecule has 0 spiro atoms. The lowest BCUT2D eigenvalue weighted by molar-refractivity contribution is -0.153. The van der Waals surface area contributed by atoms with Crippen molar-refractivity contribution in [2.75, 3.05) is 6.61 Å². The van der Waals surface area contributed by atoms with Gasteiger partial charge in [-0.2, -0.15) is 0 Å². The zero-order valence-corrected chi connectivity index (χ0v) is 15.5. The molecular weight excluding hydrogens is 352 g/mol. The van der Waals surface area contributed by atoms with Gasteiger partial charge in [-0.15, -0.1) is 0 Å². The number of rotatable bonds is 3. The maximum atomic E-state index is 12.5. The van der Waals surface area contributed by atoms with Crippen LogP contribution in [0.25, 0.3) is 0 Å². The molecule has 0 aromatic carbocycles. The number of aliphatic hydroxyl groups is 1. The van der Waals surface area contributed by atoms with E-state index < -0.39 is 42.3 Å². The van der Waals surface area contributed by atoms with Crippen LogP contribution in [0.5, 0.6) is 0 Å². The largest absolute Gasteiger partial charge is 0.479 e. The summed E-state index contributed by atoms with van der Waals surface area (Å²) < 4.78 is 16.8. The fourth-order valence-electron chi connectivity index (χ4n) is 3.46. The van der Waals surface area contributed by atoms with Crippen molar-refractivity contribution in [2.45, 2.75) is 45.0 Å². The maximum absolute atomic E-state index is 12.5. The van der Waals surface area contributed by atoms with E-state index in [2.05, 4.69) is 6.58 Å². The predicted molar refractivity (Wildman–Crippen MR) is 94.2 cm³/mol. The van der Waals surface area contributed by atoms with Crippen molar-refractivity contribution in [3.05, 3.63) is 47.3 Å². The molecule has 27 heavy (non-hydrogen) atoms. The second-order valence-corrected chi connectivity index (χ2v) is 7.10. The third-order valence-corrected chi connectivity index (χ3v) is 5.24. The molecular formula is C20H22O7. The number of hydrogen-bond acceptors (Lipinski definition) is 7. The summed E-state index contributed by atoms with van der Waals surface area (Å²) in [5.41, 5.74) is -0.385. The smallest absolute Gasteiger partial charge is 0.334 e. The number of carbonyl (C=O) groups excluding carboxylic acids is 3. The van der Waals surface area contributed by atoms with Crippen molar-refractivity contribution in [3.8, 4) is 0 Å². The summed E-state index contributed by atoms with van der Waals surface area (Å²) in [7, 11) is 0. The third kappa shape index (κ3) is 3.23. The molecule has 3 aliphatic heterocycles. The van der Waals surface area contributed by atoms with Gasteiger partial charge in [0.25, 0.3) is 0 Å². The molecule has 4 atom stereocenters. The highest BCUT2D eigenvalue weighted by atomic mass is 16.6. The summed E-state index contributed by atoms with van der Waals surface area (Å²) in [5.74, 6) is -1.90. The van der Waals surface area contributed by atoms with E-state index in [0.29, 0.717) is 11.1 Å². The molecule has 0 aromatic rings. The first kappa shape index (κ1) is 19.1. The highest BCUT2D eigenvalue weighted by Crippen LogP contribution is 2.42. The summed E-state index contributed by atoms with van der Waals surface area (Å²) in [5, 5.41) is 9.70. The van der Waals surface area contributed by atoms with Crippen molar-refractivity contribution in [1.82, 2.24) is 0 Å². The summed E-state index contributed by atoms with van der Waals surface area (Å²) in [6, 6.07) is 0. The zero-order valence-electron chi connectivity index (χ0n) is 15.5. The molecule has 0 radical (unpaired) electrons. The van der Waals surface area contributed by atoms with E-state index in [4.69, 9.17) is 14.2 Å². The Balaban J connectivity index is 2.07. The summed E-state index contributed by atoms with van der Waals surface area (Å²) >= 11 is 0. The zero-order chi connectivity index (χ0) is 19.9. The minimum Gasteiger partial charge on any atom is -0.479 e. The average molecular weight is 374 g/mol. The van der Waals surface area contributed by atoms with Crippen molar-refractivity contribution < 1.29 is 33.7 Å². The molecule has 0 aromatic heterocycles. The normalized spacial score (nSPS) is 35.0. The second-order valence-electron chi connectivity index (χ2n) is 7.10. The first-order valence-corrected chi connectivity index (χ1v) is 8.71. The highest BCUT2D eigenvalue weighted by Gasteiger charge is 2.52. The Kier molecular flexibility index (Phi) is 4.82. The van der Waals surface area contributed by atoms with E-state index in [0.717, 1.165) is 0 Å². The van der Waals surface area contributed by atoms with Gasteiger partial charge in [0.1, 0.15) is 18.0 Å². The molecule has 7 nitrogen and oxygen atoms in total. The Bertz CT molecular complexity index is 816. The van der Waals surface area contributed by atoms with Crippen LogP contribution in [0, 0.1) is 5.92 Å². The van der Waals surface area contributed by atoms with E-state index in [1.807, 2.05) is 0 Å². The molecule has 0 unspecified atom stereocenters. The summed E-state index contributed by atoms with van der Waals surface area (Å²) in [6.45, 7) is 8.31. The first-order valence-electron chi connectivity index (χ1n) is 8.71. The van der Waals surface area contributed by atoms with Gasteiger partial charge < -0.3 is 19.3 Å². The Morgan fingerprint density at radius 2 is 2.19 bits per heavy atom. The first-order chi connectivity index (χ1) is 12.7. The SMILES string of the molecule is C=C1C(=O)O[C@@H]2/C=C(/CO)C3=CC(=O)[C@@](C)(C[C@@H](OC(=O)/C(C)=C\C)[C@@H]12)O3. The van der Waals surface area contributed by atoms with Crippen molar-refractivity contribution in [2.24, 2.45) is 5.92 Å². The average Bonchev–Trinajstić information content (AvgIpc) is 3.08. The van der Waals surface area contributed by atoms with E-state index in [1.54, 1.807) is 26.8 Å². The molecule has 1 N–H and O–H groups in total. The number of fused-ring (bicyclic) bond motifs is 3. The van der Waals surface area contributed by atoms with E-state index in [1.165, 1.54) is 12.2 Å². The van der Waals surface area contributed by atoms with Gasteiger partial charge in [-0.05, 0) is 26.8 Å². The Labute approximate surface area is 157 Å². The lowest BCUT2D eigenvalue weighted by Gasteiger charge is -2.31. The minimum absolute atomic E-state index is 0.0257. The lowest BCUT2D eigenvalue weighted by Crippen LogP contribution is -2.42. The molecule has 3 heterocycles. The molecule has 0 amide bonds. The van der Waals surface area contributed by atoms with Gasteiger partial charge in [-0.3, -0.25) is 4.79 Å². The van der Waals surface area contributed by atoms with Crippen LogP contribution >= 0.6 is 0 Å². The van der Waals surface area contributed by atoms with Crippen LogP contribution in [0.1, 0.15) is 27.2 Å². The van der Waals surface area contributed by atoms with Crippen LogP contribution in [0.3, 0.4) is 0 Å². The summed E-state index contributed by atoms with van der Waals surface area (Å²) in [6.07, 6.45) is 2.83. The van der Waals surface area contributed by atoms with Crippen LogP contribution in [0.2, 0.25) is 0 Å². The van der Waals surface area contributed by atoms with Crippen molar-refractivity contribution in [1.29, 1.82) is 0 Å². The molecule has 3 aliphatic rings. The summed E-state index contributed by atoms with van der Waals surface area (Å²) in [4.78, 5) is 37.0. The lowest BCUT2D eigenvalue weighted by atomic mass is 9.82. The van der Waals surface area contributed by atoms with Gasteiger partial charge in [0.05, 0.1) is 12.5 Å². The minimum atomic E-state index is -1.28. The third-order valence-electron chi connectivity index (χ3n) is 5.24. The van der Waals surface area contributed by atoms with E-state index >= 15 is 0 Å². The molecule has 2 bridgehead atoms. The molecule has 0 aliphatic carbocycles. The molecule has 7 heteroatoms. The van der Waals surface area contributed by atoms with E-state index in [9.17, 15) is 19.5 Å². The predicted octanol–water partition coefficient (Wildman–Crippen LogP) is 1.53. The van der Waals surface area contributed by atoms with Crippen LogP contribution < -0.4 is 0 Å². The van der Waals surface area contributed by atoms with Gasteiger partial charge in [0.15, 0.2) is 5.60 Å². The number of aliphatic hydroxyl groups excluding tert-OH is 1. The van der Waals surface area contributed by atoms with Crippen molar-refractivity contribution in [3.63, 3.8) is 0 Å². The Morgan fingerprint density at radius 1 is 1.48 bits per heavy atom. The molecule has 1 fully saturated rings. The molecule has 1 saturated heterocycles. The number of ether oxygens (including phenoxy) is 3.